The Balaban J connectivity index is 2.69. The molecule has 0 aliphatic heterocycles. The van der Waals surface area contributed by atoms with Crippen LogP contribution in [0, 0.1) is 0 Å². The Bertz CT molecular complexity index is 292. The van der Waals surface area contributed by atoms with Gasteiger partial charge in [0.1, 0.15) is 0 Å². The Labute approximate surface area is 90.6 Å². The SMILES string of the molecule is CCC(COC)Nc1cccnc1OC. The van der Waals surface area contributed by atoms with Gasteiger partial charge in [0.2, 0.25) is 5.88 Å². The minimum atomic E-state index is 0.285. The molecule has 1 heterocycles. The lowest BCUT2D eigenvalue weighted by molar-refractivity contribution is 0.184. The predicted molar refractivity (Wildman–Crippen MR) is 60.4 cm³/mol. The Morgan fingerprint density at radius 3 is 2.87 bits per heavy atom. The zero-order chi connectivity index (χ0) is 11.1. The Morgan fingerprint density at radius 1 is 1.47 bits per heavy atom. The van der Waals surface area contributed by atoms with E-state index in [2.05, 4.69) is 17.2 Å². The van der Waals surface area contributed by atoms with Crippen molar-refractivity contribution < 1.29 is 9.47 Å². The highest BCUT2D eigenvalue weighted by Crippen LogP contribution is 2.21. The third kappa shape index (κ3) is 3.40. The van der Waals surface area contributed by atoms with Gasteiger partial charge in [0.15, 0.2) is 0 Å². The number of aromatic nitrogens is 1. The summed E-state index contributed by atoms with van der Waals surface area (Å²) in [6.07, 6.45) is 2.70. The van der Waals surface area contributed by atoms with E-state index in [1.165, 1.54) is 0 Å². The average molecular weight is 210 g/mol. The van der Waals surface area contributed by atoms with E-state index in [1.807, 2.05) is 12.1 Å². The van der Waals surface area contributed by atoms with E-state index in [0.29, 0.717) is 12.5 Å². The van der Waals surface area contributed by atoms with E-state index >= 15 is 0 Å². The average Bonchev–Trinajstić information content (AvgIpc) is 2.29. The van der Waals surface area contributed by atoms with Gasteiger partial charge < -0.3 is 14.8 Å². The first-order chi connectivity index (χ1) is 7.31. The van der Waals surface area contributed by atoms with Crippen LogP contribution in [0.25, 0.3) is 0 Å². The van der Waals surface area contributed by atoms with Gasteiger partial charge in [0, 0.05) is 19.3 Å². The van der Waals surface area contributed by atoms with Crippen molar-refractivity contribution >= 4 is 5.69 Å². The first-order valence-electron chi connectivity index (χ1n) is 5.06. The molecule has 0 saturated heterocycles. The Morgan fingerprint density at radius 2 is 2.27 bits per heavy atom. The molecule has 1 atom stereocenters. The van der Waals surface area contributed by atoms with Gasteiger partial charge in [-0.1, -0.05) is 6.92 Å². The highest BCUT2D eigenvalue weighted by Gasteiger charge is 2.09. The van der Waals surface area contributed by atoms with Gasteiger partial charge in [0.25, 0.3) is 0 Å². The topological polar surface area (TPSA) is 43.4 Å². The maximum Gasteiger partial charge on any atom is 0.237 e. The van der Waals surface area contributed by atoms with Crippen LogP contribution in [0.3, 0.4) is 0 Å². The standard InChI is InChI=1S/C11H18N2O2/c1-4-9(8-14-2)13-10-6-5-7-12-11(10)15-3/h5-7,9,13H,4,8H2,1-3H3. The summed E-state index contributed by atoms with van der Waals surface area (Å²) in [7, 11) is 3.32. The minimum Gasteiger partial charge on any atom is -0.480 e. The molecule has 1 aromatic rings. The summed E-state index contributed by atoms with van der Waals surface area (Å²) in [5.74, 6) is 0.618. The van der Waals surface area contributed by atoms with E-state index in [0.717, 1.165) is 12.1 Å². The van der Waals surface area contributed by atoms with Crippen LogP contribution in [0.2, 0.25) is 0 Å². The fourth-order valence-corrected chi connectivity index (χ4v) is 1.35. The van der Waals surface area contributed by atoms with Gasteiger partial charge in [-0.05, 0) is 18.6 Å². The number of nitrogens with zero attached hydrogens (tertiary/aromatic N) is 1. The predicted octanol–water partition coefficient (Wildman–Crippen LogP) is 1.93. The lowest BCUT2D eigenvalue weighted by Crippen LogP contribution is -2.24. The van der Waals surface area contributed by atoms with Crippen LogP contribution in [0.1, 0.15) is 13.3 Å². The fraction of sp³-hybridized carbons (Fsp3) is 0.545. The molecule has 0 aliphatic carbocycles. The minimum absolute atomic E-state index is 0.285. The van der Waals surface area contributed by atoms with Crippen molar-refractivity contribution in [3.8, 4) is 5.88 Å². The molecule has 0 amide bonds. The Kier molecular flexibility index (Phi) is 4.90. The van der Waals surface area contributed by atoms with Crippen molar-refractivity contribution in [1.29, 1.82) is 0 Å². The first-order valence-corrected chi connectivity index (χ1v) is 5.06. The smallest absolute Gasteiger partial charge is 0.237 e. The molecular formula is C11H18N2O2. The van der Waals surface area contributed by atoms with E-state index in [1.54, 1.807) is 20.4 Å². The highest BCUT2D eigenvalue weighted by atomic mass is 16.5. The highest BCUT2D eigenvalue weighted by molar-refractivity contribution is 5.52. The van der Waals surface area contributed by atoms with Crippen molar-refractivity contribution in [3.63, 3.8) is 0 Å². The molecule has 1 aromatic heterocycles. The van der Waals surface area contributed by atoms with Crippen LogP contribution in [-0.2, 0) is 4.74 Å². The third-order valence-electron chi connectivity index (χ3n) is 2.18. The first kappa shape index (κ1) is 11.8. The lowest BCUT2D eigenvalue weighted by Gasteiger charge is -2.18. The molecular weight excluding hydrogens is 192 g/mol. The molecule has 1 unspecified atom stereocenters. The molecule has 0 aliphatic rings. The molecule has 15 heavy (non-hydrogen) atoms. The van der Waals surface area contributed by atoms with Crippen LogP contribution in [0.5, 0.6) is 5.88 Å². The molecule has 4 nitrogen and oxygen atoms in total. The molecule has 0 spiro atoms. The van der Waals surface area contributed by atoms with E-state index in [4.69, 9.17) is 9.47 Å². The van der Waals surface area contributed by atoms with E-state index in [9.17, 15) is 0 Å². The second-order valence-corrected chi connectivity index (χ2v) is 3.27. The van der Waals surface area contributed by atoms with Gasteiger partial charge >= 0.3 is 0 Å². The molecule has 0 radical (unpaired) electrons. The molecule has 0 saturated carbocycles. The molecule has 0 aromatic carbocycles. The number of nitrogens with one attached hydrogen (secondary N) is 1. The van der Waals surface area contributed by atoms with Crippen LogP contribution >= 0.6 is 0 Å². The number of pyridine rings is 1. The molecule has 4 heteroatoms. The van der Waals surface area contributed by atoms with Gasteiger partial charge in [-0.2, -0.15) is 0 Å². The van der Waals surface area contributed by atoms with Crippen LogP contribution in [-0.4, -0.2) is 31.9 Å². The monoisotopic (exact) mass is 210 g/mol. The zero-order valence-electron chi connectivity index (χ0n) is 9.49. The quantitative estimate of drug-likeness (QED) is 0.779. The van der Waals surface area contributed by atoms with Crippen molar-refractivity contribution in [3.05, 3.63) is 18.3 Å². The second-order valence-electron chi connectivity index (χ2n) is 3.27. The molecule has 0 bridgehead atoms. The van der Waals surface area contributed by atoms with Crippen LogP contribution in [0.15, 0.2) is 18.3 Å². The van der Waals surface area contributed by atoms with Crippen molar-refractivity contribution in [2.24, 2.45) is 0 Å². The normalized spacial score (nSPS) is 12.2. The maximum atomic E-state index is 5.15. The zero-order valence-corrected chi connectivity index (χ0v) is 9.49. The van der Waals surface area contributed by atoms with Crippen LogP contribution < -0.4 is 10.1 Å². The number of methoxy groups -OCH3 is 2. The number of anilines is 1. The van der Waals surface area contributed by atoms with Gasteiger partial charge in [0.05, 0.1) is 19.4 Å². The molecule has 0 fully saturated rings. The number of ether oxygens (including phenoxy) is 2. The van der Waals surface area contributed by atoms with Gasteiger partial charge in [-0.3, -0.25) is 0 Å². The largest absolute Gasteiger partial charge is 0.480 e. The summed E-state index contributed by atoms with van der Waals surface area (Å²) >= 11 is 0. The fourth-order valence-electron chi connectivity index (χ4n) is 1.35. The van der Waals surface area contributed by atoms with E-state index in [-0.39, 0.29) is 6.04 Å². The number of hydrogen-bond acceptors (Lipinski definition) is 4. The summed E-state index contributed by atoms with van der Waals surface area (Å²) in [4.78, 5) is 4.12. The molecule has 1 N–H and O–H groups in total. The number of hydrogen-bond donors (Lipinski definition) is 1. The van der Waals surface area contributed by atoms with E-state index < -0.39 is 0 Å². The second kappa shape index (κ2) is 6.24. The third-order valence-corrected chi connectivity index (χ3v) is 2.18. The molecule has 1 rings (SSSR count). The van der Waals surface area contributed by atoms with Gasteiger partial charge in [-0.15, -0.1) is 0 Å². The number of rotatable bonds is 6. The van der Waals surface area contributed by atoms with Crippen LogP contribution in [0.4, 0.5) is 5.69 Å². The summed E-state index contributed by atoms with van der Waals surface area (Å²) in [5, 5.41) is 3.34. The van der Waals surface area contributed by atoms with Crippen molar-refractivity contribution in [2.45, 2.75) is 19.4 Å². The van der Waals surface area contributed by atoms with Crippen molar-refractivity contribution in [1.82, 2.24) is 4.98 Å². The van der Waals surface area contributed by atoms with Crippen molar-refractivity contribution in [2.75, 3.05) is 26.1 Å². The maximum absolute atomic E-state index is 5.15. The summed E-state index contributed by atoms with van der Waals surface area (Å²) in [6.45, 7) is 2.79. The lowest BCUT2D eigenvalue weighted by atomic mass is 10.2. The van der Waals surface area contributed by atoms with Gasteiger partial charge in [-0.25, -0.2) is 4.98 Å². The Hall–Kier alpha value is -1.29. The summed E-state index contributed by atoms with van der Waals surface area (Å²) in [6, 6.07) is 4.11. The summed E-state index contributed by atoms with van der Waals surface area (Å²) in [5.41, 5.74) is 0.906. The molecule has 84 valence electrons. The summed E-state index contributed by atoms with van der Waals surface area (Å²) < 4.78 is 10.3.